The van der Waals surface area contributed by atoms with Crippen molar-refractivity contribution in [2.75, 3.05) is 9.80 Å². The van der Waals surface area contributed by atoms with Crippen LogP contribution < -0.4 is 14.5 Å². The Kier molecular flexibility index (Phi) is 9.08. The van der Waals surface area contributed by atoms with Crippen molar-refractivity contribution in [1.82, 2.24) is 9.55 Å². The summed E-state index contributed by atoms with van der Waals surface area (Å²) in [7, 11) is 0. The standard InChI is InChI=1S/C52H33N4O.Pt/c1-3-15-36(16-4-1)43-26-13-27-44(37-17-5-2-6-18-37)50(43)55-35-54(49-31-30-38-19-7-8-24-45(38)51(49)55)39-20-11-22-41(33-39)57-42-23-12-21-40(34-42)56-48-29-10-9-25-46(48)47-28-14-32-53-52(47)56;/h1-32,35H;/q-3;. The first-order valence-corrected chi connectivity index (χ1v) is 19.0. The molecule has 0 N–H and O–H groups in total. The van der Waals surface area contributed by atoms with Crippen molar-refractivity contribution in [2.45, 2.75) is 0 Å². The van der Waals surface area contributed by atoms with Gasteiger partial charge in [0.25, 0.3) is 0 Å². The van der Waals surface area contributed by atoms with E-state index in [2.05, 4.69) is 185 Å². The maximum absolute atomic E-state index is 6.57. The zero-order valence-electron chi connectivity index (χ0n) is 31.1. The van der Waals surface area contributed by atoms with E-state index in [0.29, 0.717) is 11.5 Å². The summed E-state index contributed by atoms with van der Waals surface area (Å²) in [5.41, 5.74) is 11.5. The minimum absolute atomic E-state index is 0. The Morgan fingerprint density at radius 1 is 0.466 bits per heavy atom. The number of anilines is 4. The van der Waals surface area contributed by atoms with Crippen LogP contribution in [0.4, 0.5) is 22.7 Å². The van der Waals surface area contributed by atoms with Gasteiger partial charge in [0.05, 0.1) is 5.52 Å². The van der Waals surface area contributed by atoms with E-state index in [0.717, 1.165) is 78.0 Å². The molecule has 1 aliphatic rings. The van der Waals surface area contributed by atoms with E-state index in [-0.39, 0.29) is 21.1 Å². The van der Waals surface area contributed by atoms with Gasteiger partial charge in [-0.3, -0.25) is 0 Å². The minimum atomic E-state index is 0. The number of pyridine rings is 1. The molecule has 8 aromatic carbocycles. The van der Waals surface area contributed by atoms with Crippen LogP contribution in [0.25, 0.3) is 60.6 Å². The van der Waals surface area contributed by atoms with Gasteiger partial charge in [-0.05, 0) is 40.8 Å². The van der Waals surface area contributed by atoms with Crippen molar-refractivity contribution in [2.24, 2.45) is 0 Å². The van der Waals surface area contributed by atoms with Crippen LogP contribution in [0.2, 0.25) is 0 Å². The molecule has 5 nitrogen and oxygen atoms in total. The van der Waals surface area contributed by atoms with E-state index in [9.17, 15) is 0 Å². The van der Waals surface area contributed by atoms with Crippen molar-refractivity contribution in [3.63, 3.8) is 0 Å². The summed E-state index contributed by atoms with van der Waals surface area (Å²) >= 11 is 0. The molecule has 1 aliphatic heterocycles. The predicted octanol–water partition coefficient (Wildman–Crippen LogP) is 13.5. The van der Waals surface area contributed by atoms with Crippen molar-refractivity contribution in [3.8, 4) is 39.4 Å². The van der Waals surface area contributed by atoms with E-state index in [1.807, 2.05) is 42.6 Å². The Labute approximate surface area is 351 Å². The smallest absolute Gasteiger partial charge is 0.143 e. The first kappa shape index (κ1) is 35.5. The predicted molar refractivity (Wildman–Crippen MR) is 233 cm³/mol. The molecule has 11 rings (SSSR count). The second-order valence-electron chi connectivity index (χ2n) is 14.1. The topological polar surface area (TPSA) is 33.5 Å². The van der Waals surface area contributed by atoms with Crippen molar-refractivity contribution in [3.05, 3.63) is 213 Å². The summed E-state index contributed by atoms with van der Waals surface area (Å²) in [4.78, 5) is 9.34. The van der Waals surface area contributed by atoms with Gasteiger partial charge in [0.1, 0.15) is 5.65 Å². The van der Waals surface area contributed by atoms with Crippen LogP contribution in [-0.4, -0.2) is 9.55 Å². The number of nitrogens with zero attached hydrogens (tertiary/aromatic N) is 4. The average molecular weight is 925 g/mol. The molecule has 0 spiro atoms. The number of rotatable bonds is 7. The molecular weight excluding hydrogens is 892 g/mol. The molecule has 2 aromatic heterocycles. The van der Waals surface area contributed by atoms with Gasteiger partial charge in [0.2, 0.25) is 0 Å². The monoisotopic (exact) mass is 924 g/mol. The number of hydrogen-bond donors (Lipinski definition) is 0. The Hall–Kier alpha value is -6.94. The summed E-state index contributed by atoms with van der Waals surface area (Å²) < 4.78 is 8.71. The fourth-order valence-electron chi connectivity index (χ4n) is 8.21. The van der Waals surface area contributed by atoms with Crippen LogP contribution >= 0.6 is 0 Å². The number of aromatic nitrogens is 2. The maximum Gasteiger partial charge on any atom is 0.143 e. The maximum atomic E-state index is 6.57. The molecule has 0 amide bonds. The van der Waals surface area contributed by atoms with Gasteiger partial charge in [0.15, 0.2) is 0 Å². The number of fused-ring (bicyclic) bond motifs is 6. The van der Waals surface area contributed by atoms with Gasteiger partial charge >= 0.3 is 0 Å². The Morgan fingerprint density at radius 2 is 1.07 bits per heavy atom. The van der Waals surface area contributed by atoms with Gasteiger partial charge < -0.3 is 19.1 Å². The Morgan fingerprint density at radius 3 is 1.81 bits per heavy atom. The molecule has 6 heteroatoms. The molecule has 0 atom stereocenters. The molecule has 58 heavy (non-hydrogen) atoms. The van der Waals surface area contributed by atoms with Crippen molar-refractivity contribution in [1.29, 1.82) is 0 Å². The van der Waals surface area contributed by atoms with Crippen molar-refractivity contribution >= 4 is 55.5 Å². The van der Waals surface area contributed by atoms with Gasteiger partial charge in [-0.15, -0.1) is 48.8 Å². The minimum Gasteiger partial charge on any atom is -0.509 e. The van der Waals surface area contributed by atoms with E-state index < -0.39 is 0 Å². The van der Waals surface area contributed by atoms with E-state index in [1.165, 1.54) is 5.39 Å². The molecule has 0 saturated heterocycles. The summed E-state index contributed by atoms with van der Waals surface area (Å²) in [6.07, 6.45) is 1.83. The number of hydrogen-bond acceptors (Lipinski definition) is 4. The molecule has 0 saturated carbocycles. The van der Waals surface area contributed by atoms with Crippen LogP contribution in [0.1, 0.15) is 0 Å². The third kappa shape index (κ3) is 6.03. The molecule has 3 heterocycles. The molecule has 0 unspecified atom stereocenters. The fourth-order valence-corrected chi connectivity index (χ4v) is 8.21. The van der Waals surface area contributed by atoms with Crippen LogP contribution in [-0.2, 0) is 21.1 Å². The Bertz CT molecular complexity index is 3000. The molecule has 0 radical (unpaired) electrons. The Balaban J connectivity index is 0.00000408. The second-order valence-corrected chi connectivity index (χ2v) is 14.1. The van der Waals surface area contributed by atoms with Gasteiger partial charge in [0, 0.05) is 83.1 Å². The van der Waals surface area contributed by atoms with Crippen LogP contribution in [0.15, 0.2) is 194 Å². The summed E-state index contributed by atoms with van der Waals surface area (Å²) in [6.45, 7) is 2.20. The van der Waals surface area contributed by atoms with Crippen LogP contribution in [0.3, 0.4) is 0 Å². The molecule has 280 valence electrons. The summed E-state index contributed by atoms with van der Waals surface area (Å²) in [6, 6.07) is 72.5. The van der Waals surface area contributed by atoms with Crippen LogP contribution in [0, 0.1) is 18.8 Å². The molecular formula is C52H33N4OPt-3. The first-order valence-electron chi connectivity index (χ1n) is 19.0. The van der Waals surface area contributed by atoms with Crippen LogP contribution in [0.5, 0.6) is 11.5 Å². The van der Waals surface area contributed by atoms with Gasteiger partial charge in [-0.25, -0.2) is 4.98 Å². The number of benzene rings is 8. The largest absolute Gasteiger partial charge is 0.509 e. The van der Waals surface area contributed by atoms with E-state index in [4.69, 9.17) is 9.72 Å². The SMILES string of the molecule is [Pt].[c-]1c(Oc2[c-]c(-n3c4ccccc4c4cccnc43)ccc2)cccc1N1[CH-]N(c2c(-c3ccccc3)cccc2-c2ccccc2)c2c1ccc1ccccc21. The quantitative estimate of drug-likeness (QED) is 0.149. The third-order valence-corrected chi connectivity index (χ3v) is 10.7. The van der Waals surface area contributed by atoms with E-state index in [1.54, 1.807) is 0 Å². The summed E-state index contributed by atoms with van der Waals surface area (Å²) in [5.74, 6) is 1.18. The second kappa shape index (κ2) is 14.9. The molecule has 0 fully saturated rings. The zero-order valence-corrected chi connectivity index (χ0v) is 33.3. The van der Waals surface area contributed by atoms with Gasteiger partial charge in [-0.2, -0.15) is 12.1 Å². The summed E-state index contributed by atoms with van der Waals surface area (Å²) in [5, 5.41) is 4.58. The van der Waals surface area contributed by atoms with E-state index >= 15 is 0 Å². The average Bonchev–Trinajstić information content (AvgIpc) is 3.84. The molecule has 0 bridgehead atoms. The van der Waals surface area contributed by atoms with Crippen molar-refractivity contribution < 1.29 is 25.8 Å². The fraction of sp³-hybridized carbons (Fsp3) is 0. The molecule has 0 aliphatic carbocycles. The normalized spacial score (nSPS) is 12.2. The molecule has 10 aromatic rings. The third-order valence-electron chi connectivity index (χ3n) is 10.7. The number of ether oxygens (including phenoxy) is 1. The first-order chi connectivity index (χ1) is 28.3. The zero-order chi connectivity index (χ0) is 37.7. The van der Waals surface area contributed by atoms with Gasteiger partial charge in [-0.1, -0.05) is 133 Å². The number of para-hydroxylation sites is 2.